The highest BCUT2D eigenvalue weighted by Gasteiger charge is 2.32. The summed E-state index contributed by atoms with van der Waals surface area (Å²) >= 11 is 0. The van der Waals surface area contributed by atoms with Crippen LogP contribution < -0.4 is 20.3 Å². The van der Waals surface area contributed by atoms with Crippen molar-refractivity contribution in [2.75, 3.05) is 24.5 Å². The number of carbonyl (C=O) groups is 1. The standard InChI is InChI=1S/C16H20F3N3O2.ClH/c17-16(18,19)24-13-4-1-3-12(9-13)22-8-6-11(10-22)21-15(23)14-5-2-7-20-14;/h1,3-4,9,11,14,20H,2,5-8,10H2,(H,21,23);1H. The molecule has 0 radical (unpaired) electrons. The number of halogens is 4. The number of rotatable bonds is 4. The Bertz CT molecular complexity index is 594. The van der Waals surface area contributed by atoms with Crippen molar-refractivity contribution in [3.05, 3.63) is 24.3 Å². The Morgan fingerprint density at radius 1 is 1.32 bits per heavy atom. The summed E-state index contributed by atoms with van der Waals surface area (Å²) in [5.74, 6) is -0.226. The van der Waals surface area contributed by atoms with Crippen molar-refractivity contribution in [1.82, 2.24) is 10.6 Å². The molecule has 2 N–H and O–H groups in total. The van der Waals surface area contributed by atoms with Crippen LogP contribution in [0.4, 0.5) is 18.9 Å². The second-order valence-electron chi connectivity index (χ2n) is 6.13. The van der Waals surface area contributed by atoms with Crippen LogP contribution in [-0.2, 0) is 4.79 Å². The van der Waals surface area contributed by atoms with Gasteiger partial charge in [-0.3, -0.25) is 4.79 Å². The molecule has 9 heteroatoms. The highest BCUT2D eigenvalue weighted by atomic mass is 35.5. The van der Waals surface area contributed by atoms with Gasteiger partial charge in [0.15, 0.2) is 0 Å². The average Bonchev–Trinajstić information content (AvgIpc) is 3.17. The van der Waals surface area contributed by atoms with Gasteiger partial charge in [-0.1, -0.05) is 6.07 Å². The molecule has 0 bridgehead atoms. The third-order valence-corrected chi connectivity index (χ3v) is 4.33. The Morgan fingerprint density at radius 3 is 2.80 bits per heavy atom. The zero-order valence-electron chi connectivity index (χ0n) is 13.5. The SMILES string of the molecule is Cl.O=C(NC1CCN(c2cccc(OC(F)(F)F)c2)C1)C1CCCN1. The monoisotopic (exact) mass is 379 g/mol. The van der Waals surface area contributed by atoms with Crippen molar-refractivity contribution in [1.29, 1.82) is 0 Å². The fourth-order valence-electron chi connectivity index (χ4n) is 3.20. The molecule has 1 amide bonds. The van der Waals surface area contributed by atoms with E-state index < -0.39 is 6.36 Å². The molecule has 0 spiro atoms. The minimum absolute atomic E-state index is 0. The van der Waals surface area contributed by atoms with Gasteiger partial charge in [0.1, 0.15) is 5.75 Å². The highest BCUT2D eigenvalue weighted by molar-refractivity contribution is 5.85. The van der Waals surface area contributed by atoms with Crippen LogP contribution >= 0.6 is 12.4 Å². The number of carbonyl (C=O) groups excluding carboxylic acids is 1. The van der Waals surface area contributed by atoms with Crippen LogP contribution in [-0.4, -0.2) is 44.0 Å². The number of hydrogen-bond acceptors (Lipinski definition) is 4. The lowest BCUT2D eigenvalue weighted by atomic mass is 10.2. The lowest BCUT2D eigenvalue weighted by Gasteiger charge is -2.21. The van der Waals surface area contributed by atoms with Gasteiger partial charge in [0.05, 0.1) is 6.04 Å². The molecule has 2 aliphatic rings. The molecule has 140 valence electrons. The summed E-state index contributed by atoms with van der Waals surface area (Å²) in [6.07, 6.45) is -2.09. The molecule has 25 heavy (non-hydrogen) atoms. The quantitative estimate of drug-likeness (QED) is 0.843. The Kier molecular flexibility index (Phi) is 6.40. The van der Waals surface area contributed by atoms with E-state index in [0.717, 1.165) is 25.8 Å². The van der Waals surface area contributed by atoms with Crippen molar-refractivity contribution >= 4 is 24.0 Å². The molecule has 5 nitrogen and oxygen atoms in total. The molecular weight excluding hydrogens is 359 g/mol. The molecule has 2 fully saturated rings. The molecule has 2 saturated heterocycles. The zero-order valence-corrected chi connectivity index (χ0v) is 14.3. The van der Waals surface area contributed by atoms with Crippen LogP contribution in [0.2, 0.25) is 0 Å². The van der Waals surface area contributed by atoms with Crippen molar-refractivity contribution in [2.45, 2.75) is 37.7 Å². The summed E-state index contributed by atoms with van der Waals surface area (Å²) in [7, 11) is 0. The Labute approximate surface area is 150 Å². The number of alkyl halides is 3. The van der Waals surface area contributed by atoms with E-state index >= 15 is 0 Å². The van der Waals surface area contributed by atoms with E-state index in [2.05, 4.69) is 15.4 Å². The van der Waals surface area contributed by atoms with E-state index in [4.69, 9.17) is 0 Å². The maximum Gasteiger partial charge on any atom is 0.573 e. The summed E-state index contributed by atoms with van der Waals surface area (Å²) < 4.78 is 40.9. The predicted molar refractivity (Wildman–Crippen MR) is 90.2 cm³/mol. The third kappa shape index (κ3) is 5.40. The van der Waals surface area contributed by atoms with Crippen molar-refractivity contribution in [3.8, 4) is 5.75 Å². The minimum atomic E-state index is -4.70. The van der Waals surface area contributed by atoms with E-state index in [1.54, 1.807) is 6.07 Å². The summed E-state index contributed by atoms with van der Waals surface area (Å²) in [6.45, 7) is 2.12. The van der Waals surface area contributed by atoms with Crippen molar-refractivity contribution in [2.24, 2.45) is 0 Å². The predicted octanol–water partition coefficient (Wildman–Crippen LogP) is 2.45. The minimum Gasteiger partial charge on any atom is -0.406 e. The number of benzene rings is 1. The van der Waals surface area contributed by atoms with E-state index in [1.807, 2.05) is 4.90 Å². The van der Waals surface area contributed by atoms with Crippen molar-refractivity contribution < 1.29 is 22.7 Å². The Morgan fingerprint density at radius 2 is 2.12 bits per heavy atom. The number of anilines is 1. The zero-order chi connectivity index (χ0) is 17.2. The topological polar surface area (TPSA) is 53.6 Å². The third-order valence-electron chi connectivity index (χ3n) is 4.33. The molecule has 2 aliphatic heterocycles. The lowest BCUT2D eigenvalue weighted by molar-refractivity contribution is -0.274. The molecule has 2 heterocycles. The average molecular weight is 380 g/mol. The summed E-state index contributed by atoms with van der Waals surface area (Å²) in [5, 5.41) is 6.17. The van der Waals surface area contributed by atoms with Gasteiger partial charge in [-0.05, 0) is 37.9 Å². The summed E-state index contributed by atoms with van der Waals surface area (Å²) in [6, 6.07) is 5.81. The number of amides is 1. The number of nitrogens with zero attached hydrogens (tertiary/aromatic N) is 1. The first-order chi connectivity index (χ1) is 11.4. The molecule has 0 aliphatic carbocycles. The molecule has 2 atom stereocenters. The largest absolute Gasteiger partial charge is 0.573 e. The van der Waals surface area contributed by atoms with Crippen LogP contribution in [0.15, 0.2) is 24.3 Å². The fraction of sp³-hybridized carbons (Fsp3) is 0.562. The van der Waals surface area contributed by atoms with Gasteiger partial charge in [0, 0.05) is 30.9 Å². The van der Waals surface area contributed by atoms with E-state index in [9.17, 15) is 18.0 Å². The smallest absolute Gasteiger partial charge is 0.406 e. The molecule has 1 aromatic rings. The first-order valence-electron chi connectivity index (χ1n) is 8.05. The summed E-state index contributed by atoms with van der Waals surface area (Å²) in [4.78, 5) is 14.1. The van der Waals surface area contributed by atoms with Crippen LogP contribution in [0, 0.1) is 0 Å². The normalized spacial score (nSPS) is 23.2. The second-order valence-corrected chi connectivity index (χ2v) is 6.13. The molecule has 1 aromatic carbocycles. The van der Waals surface area contributed by atoms with Crippen LogP contribution in [0.3, 0.4) is 0 Å². The molecule has 3 rings (SSSR count). The van der Waals surface area contributed by atoms with Gasteiger partial charge in [-0.15, -0.1) is 25.6 Å². The lowest BCUT2D eigenvalue weighted by Crippen LogP contribution is -2.46. The molecule has 0 saturated carbocycles. The Balaban J connectivity index is 0.00000225. The van der Waals surface area contributed by atoms with Crippen LogP contribution in [0.5, 0.6) is 5.75 Å². The van der Waals surface area contributed by atoms with Crippen LogP contribution in [0.1, 0.15) is 19.3 Å². The second kappa shape index (κ2) is 8.14. The molecule has 2 unspecified atom stereocenters. The van der Waals surface area contributed by atoms with E-state index in [-0.39, 0.29) is 36.1 Å². The van der Waals surface area contributed by atoms with Gasteiger partial charge in [-0.2, -0.15) is 0 Å². The van der Waals surface area contributed by atoms with Crippen LogP contribution in [0.25, 0.3) is 0 Å². The number of hydrogen-bond donors (Lipinski definition) is 2. The summed E-state index contributed by atoms with van der Waals surface area (Å²) in [5.41, 5.74) is 0.660. The fourth-order valence-corrected chi connectivity index (χ4v) is 3.20. The number of ether oxygens (including phenoxy) is 1. The first kappa shape index (κ1) is 19.7. The van der Waals surface area contributed by atoms with E-state index in [0.29, 0.717) is 18.8 Å². The van der Waals surface area contributed by atoms with Gasteiger partial charge in [-0.25, -0.2) is 0 Å². The molecule has 0 aromatic heterocycles. The van der Waals surface area contributed by atoms with E-state index in [1.165, 1.54) is 18.2 Å². The van der Waals surface area contributed by atoms with Gasteiger partial charge in [0.25, 0.3) is 0 Å². The van der Waals surface area contributed by atoms with Crippen molar-refractivity contribution in [3.63, 3.8) is 0 Å². The van der Waals surface area contributed by atoms with Gasteiger partial charge in [0.2, 0.25) is 5.91 Å². The Hall–Kier alpha value is -1.67. The number of nitrogens with one attached hydrogen (secondary N) is 2. The maximum absolute atomic E-state index is 12.3. The van der Waals surface area contributed by atoms with Gasteiger partial charge >= 0.3 is 6.36 Å². The maximum atomic E-state index is 12.3. The molecular formula is C16H21ClF3N3O2. The highest BCUT2D eigenvalue weighted by Crippen LogP contribution is 2.28. The first-order valence-corrected chi connectivity index (χ1v) is 8.05. The van der Waals surface area contributed by atoms with Gasteiger partial charge < -0.3 is 20.3 Å².